The minimum absolute atomic E-state index is 0.131. The van der Waals surface area contributed by atoms with Crippen molar-refractivity contribution in [2.24, 2.45) is 0 Å². The molecule has 0 bridgehead atoms. The molecule has 1 N–H and O–H groups in total. The third kappa shape index (κ3) is 2.11. The molecule has 5 heteroatoms. The predicted molar refractivity (Wildman–Crippen MR) is 43.5 cm³/mol. The lowest BCUT2D eigenvalue weighted by atomic mass is 10.2. The maximum absolute atomic E-state index is 12.3. The fourth-order valence-corrected chi connectivity index (χ4v) is 0.955. The third-order valence-corrected chi connectivity index (χ3v) is 1.62. The number of anilines is 1. The first-order valence-electron chi connectivity index (χ1n) is 3.67. The molecule has 1 rings (SSSR count). The van der Waals surface area contributed by atoms with Gasteiger partial charge in [0.25, 0.3) is 0 Å². The van der Waals surface area contributed by atoms with Gasteiger partial charge in [-0.25, -0.2) is 4.98 Å². The van der Waals surface area contributed by atoms with Crippen LogP contribution in [0.2, 0.25) is 0 Å². The normalized spacial score (nSPS) is 11.5. The Morgan fingerprint density at radius 2 is 1.92 bits per heavy atom. The number of aryl methyl sites for hydroxylation is 1. The zero-order chi connectivity index (χ0) is 10.1. The van der Waals surface area contributed by atoms with Crippen molar-refractivity contribution in [3.8, 4) is 0 Å². The van der Waals surface area contributed by atoms with Crippen LogP contribution in [0.4, 0.5) is 19.0 Å². The summed E-state index contributed by atoms with van der Waals surface area (Å²) in [4.78, 5) is 3.43. The number of nitrogens with one attached hydrogen (secondary N) is 1. The summed E-state index contributed by atoms with van der Waals surface area (Å²) in [6.45, 7) is 1.38. The lowest BCUT2D eigenvalue weighted by Crippen LogP contribution is -2.11. The van der Waals surface area contributed by atoms with Crippen molar-refractivity contribution in [3.05, 3.63) is 23.4 Å². The van der Waals surface area contributed by atoms with Gasteiger partial charge in [0, 0.05) is 7.05 Å². The smallest absolute Gasteiger partial charge is 0.373 e. The molecule has 0 amide bonds. The van der Waals surface area contributed by atoms with Crippen molar-refractivity contribution >= 4 is 5.82 Å². The minimum atomic E-state index is -4.38. The molecule has 0 fully saturated rings. The quantitative estimate of drug-likeness (QED) is 0.735. The molecule has 72 valence electrons. The van der Waals surface area contributed by atoms with Crippen molar-refractivity contribution < 1.29 is 13.2 Å². The van der Waals surface area contributed by atoms with E-state index in [0.29, 0.717) is 0 Å². The number of hydrogen-bond donors (Lipinski definition) is 1. The summed E-state index contributed by atoms with van der Waals surface area (Å²) in [5.41, 5.74) is -0.703. The van der Waals surface area contributed by atoms with E-state index in [1.54, 1.807) is 0 Å². The van der Waals surface area contributed by atoms with Crippen LogP contribution in [-0.2, 0) is 6.18 Å². The molecule has 0 saturated heterocycles. The van der Waals surface area contributed by atoms with E-state index in [4.69, 9.17) is 0 Å². The van der Waals surface area contributed by atoms with Crippen molar-refractivity contribution in [3.63, 3.8) is 0 Å². The van der Waals surface area contributed by atoms with Gasteiger partial charge in [-0.1, -0.05) is 6.07 Å². The highest BCUT2D eigenvalue weighted by Gasteiger charge is 2.34. The van der Waals surface area contributed by atoms with Crippen LogP contribution in [0.1, 0.15) is 11.3 Å². The van der Waals surface area contributed by atoms with Gasteiger partial charge in [0.15, 0.2) is 0 Å². The van der Waals surface area contributed by atoms with Gasteiger partial charge < -0.3 is 5.32 Å². The Labute approximate surface area is 73.8 Å². The fraction of sp³-hybridized carbons (Fsp3) is 0.375. The average molecular weight is 190 g/mol. The van der Waals surface area contributed by atoms with E-state index in [-0.39, 0.29) is 11.4 Å². The van der Waals surface area contributed by atoms with Gasteiger partial charge >= 0.3 is 6.18 Å². The van der Waals surface area contributed by atoms with E-state index in [9.17, 15) is 13.2 Å². The Balaban J connectivity index is 3.19. The number of rotatable bonds is 1. The summed E-state index contributed by atoms with van der Waals surface area (Å²) in [6, 6.07) is 2.90. The van der Waals surface area contributed by atoms with Crippen LogP contribution < -0.4 is 5.32 Å². The molecule has 0 radical (unpaired) electrons. The molecule has 0 aliphatic heterocycles. The maximum atomic E-state index is 12.3. The number of hydrogen-bond acceptors (Lipinski definition) is 2. The molecule has 0 aliphatic carbocycles. The number of pyridine rings is 1. The molecule has 1 aromatic heterocycles. The first-order chi connectivity index (χ1) is 5.95. The highest BCUT2D eigenvalue weighted by atomic mass is 19.4. The first-order valence-corrected chi connectivity index (χ1v) is 3.67. The zero-order valence-electron chi connectivity index (χ0n) is 7.24. The van der Waals surface area contributed by atoms with Crippen LogP contribution in [0.25, 0.3) is 0 Å². The van der Waals surface area contributed by atoms with E-state index in [1.165, 1.54) is 26.1 Å². The van der Waals surface area contributed by atoms with Crippen LogP contribution in [0.15, 0.2) is 12.1 Å². The van der Waals surface area contributed by atoms with Gasteiger partial charge in [0.1, 0.15) is 11.5 Å². The van der Waals surface area contributed by atoms with Crippen LogP contribution >= 0.6 is 0 Å². The summed E-state index contributed by atoms with van der Waals surface area (Å²) < 4.78 is 36.8. The monoisotopic (exact) mass is 190 g/mol. The Morgan fingerprint density at radius 1 is 1.31 bits per heavy atom. The zero-order valence-corrected chi connectivity index (χ0v) is 7.24. The predicted octanol–water partition coefficient (Wildman–Crippen LogP) is 2.45. The van der Waals surface area contributed by atoms with E-state index >= 15 is 0 Å². The molecular weight excluding hydrogens is 181 g/mol. The summed E-state index contributed by atoms with van der Waals surface area (Å²) >= 11 is 0. The fourth-order valence-electron chi connectivity index (χ4n) is 0.955. The van der Waals surface area contributed by atoms with Gasteiger partial charge in [0.05, 0.1) is 0 Å². The third-order valence-electron chi connectivity index (χ3n) is 1.62. The van der Waals surface area contributed by atoms with Crippen LogP contribution in [0.5, 0.6) is 0 Å². The number of halogens is 3. The maximum Gasteiger partial charge on any atom is 0.433 e. The van der Waals surface area contributed by atoms with Crippen LogP contribution in [0.3, 0.4) is 0 Å². The summed E-state index contributed by atoms with van der Waals surface area (Å²) in [6.07, 6.45) is -4.38. The van der Waals surface area contributed by atoms with Crippen molar-refractivity contribution in [2.45, 2.75) is 13.1 Å². The Bertz CT molecular complexity index is 307. The Hall–Kier alpha value is -1.26. The first kappa shape index (κ1) is 9.83. The largest absolute Gasteiger partial charge is 0.433 e. The molecule has 0 spiro atoms. The SMILES string of the molecule is CNc1ccc(C)c(C(F)(F)F)n1. The van der Waals surface area contributed by atoms with Crippen LogP contribution in [0, 0.1) is 6.92 Å². The molecule has 1 aromatic rings. The van der Waals surface area contributed by atoms with Gasteiger partial charge in [-0.05, 0) is 18.6 Å². The summed E-state index contributed by atoms with van der Waals surface area (Å²) in [5.74, 6) is 0.220. The lowest BCUT2D eigenvalue weighted by molar-refractivity contribution is -0.141. The van der Waals surface area contributed by atoms with Crippen molar-refractivity contribution in [2.75, 3.05) is 12.4 Å². The second kappa shape index (κ2) is 3.24. The summed E-state index contributed by atoms with van der Waals surface area (Å²) in [7, 11) is 1.53. The summed E-state index contributed by atoms with van der Waals surface area (Å²) in [5, 5.41) is 2.56. The van der Waals surface area contributed by atoms with E-state index in [0.717, 1.165) is 0 Å². The van der Waals surface area contributed by atoms with Crippen molar-refractivity contribution in [1.29, 1.82) is 0 Å². The minimum Gasteiger partial charge on any atom is -0.373 e. The Kier molecular flexibility index (Phi) is 2.45. The molecule has 0 aromatic carbocycles. The van der Waals surface area contributed by atoms with Crippen molar-refractivity contribution in [1.82, 2.24) is 4.98 Å². The lowest BCUT2D eigenvalue weighted by Gasteiger charge is -2.10. The van der Waals surface area contributed by atoms with Gasteiger partial charge in [0.2, 0.25) is 0 Å². The molecule has 0 atom stereocenters. The standard InChI is InChI=1S/C8H9F3N2/c1-5-3-4-6(12-2)13-7(5)8(9,10)11/h3-4H,1-2H3,(H,12,13). The topological polar surface area (TPSA) is 24.9 Å². The molecular formula is C8H9F3N2. The number of nitrogens with zero attached hydrogens (tertiary/aromatic N) is 1. The van der Waals surface area contributed by atoms with Gasteiger partial charge in [-0.3, -0.25) is 0 Å². The number of alkyl halides is 3. The molecule has 0 unspecified atom stereocenters. The van der Waals surface area contributed by atoms with Gasteiger partial charge in [-0.15, -0.1) is 0 Å². The highest BCUT2D eigenvalue weighted by molar-refractivity contribution is 5.38. The molecule has 0 saturated carbocycles. The van der Waals surface area contributed by atoms with E-state index in [2.05, 4.69) is 10.3 Å². The molecule has 1 heterocycles. The second-order valence-corrected chi connectivity index (χ2v) is 2.61. The highest BCUT2D eigenvalue weighted by Crippen LogP contribution is 2.30. The average Bonchev–Trinajstić information content (AvgIpc) is 2.03. The molecule has 0 aliphatic rings. The Morgan fingerprint density at radius 3 is 2.38 bits per heavy atom. The molecule has 13 heavy (non-hydrogen) atoms. The van der Waals surface area contributed by atoms with E-state index in [1.807, 2.05) is 0 Å². The van der Waals surface area contributed by atoms with E-state index < -0.39 is 11.9 Å². The van der Waals surface area contributed by atoms with Crippen LogP contribution in [-0.4, -0.2) is 12.0 Å². The van der Waals surface area contributed by atoms with Gasteiger partial charge in [-0.2, -0.15) is 13.2 Å². The molecule has 2 nitrogen and oxygen atoms in total. The number of aromatic nitrogens is 1. The second-order valence-electron chi connectivity index (χ2n) is 2.61.